The molecule has 5 fully saturated rings. The van der Waals surface area contributed by atoms with Crippen LogP contribution in [0.5, 0.6) is 0 Å². The molecule has 204 valence electrons. The number of aliphatic hydroxyl groups excluding tert-OH is 4. The quantitative estimate of drug-likeness (QED) is 0.370. The largest absolute Gasteiger partial charge is 0.479 e. The van der Waals surface area contributed by atoms with Gasteiger partial charge in [-0.15, -0.1) is 0 Å². The van der Waals surface area contributed by atoms with Gasteiger partial charge in [-0.05, 0) is 92.3 Å². The van der Waals surface area contributed by atoms with Gasteiger partial charge in [0.25, 0.3) is 0 Å². The van der Waals surface area contributed by atoms with Crippen molar-refractivity contribution in [1.82, 2.24) is 0 Å². The van der Waals surface area contributed by atoms with Crippen molar-refractivity contribution < 1.29 is 44.6 Å². The number of carbonyl (C=O) groups is 2. The minimum absolute atomic E-state index is 0.0811. The Morgan fingerprint density at radius 2 is 1.56 bits per heavy atom. The molecule has 0 amide bonds. The fourth-order valence-electron chi connectivity index (χ4n) is 9.22. The van der Waals surface area contributed by atoms with Gasteiger partial charge in [0.15, 0.2) is 18.2 Å². The summed E-state index contributed by atoms with van der Waals surface area (Å²) >= 11 is 0. The summed E-state index contributed by atoms with van der Waals surface area (Å²) in [6.07, 6.45) is 0.468. The van der Waals surface area contributed by atoms with Gasteiger partial charge in [-0.3, -0.25) is 4.79 Å². The number of aliphatic hydroxyl groups is 4. The standard InChI is InChI=1S/C27H42O9/c1-26-9-7-14(28)11-13(26)3-4-15-16-5-6-18(27(16,2)10-8-17(15)26)19(29)12-35-25-22(32)20(30)21(31)23(36-25)24(33)34/h13-18,20-23,25,28,30-32H,3-12H2,1-2H3,(H,33,34)/t13-,14+,15+,16+,17+,18-,20+,21+,22-,23+,25?,26+,27+/m1/s1. The third kappa shape index (κ3) is 4.14. The molecular formula is C27H42O9. The summed E-state index contributed by atoms with van der Waals surface area (Å²) in [4.78, 5) is 24.7. The maximum absolute atomic E-state index is 13.4. The molecule has 0 spiro atoms. The fourth-order valence-corrected chi connectivity index (χ4v) is 9.22. The number of Topliss-reactive ketones (excluding diaryl/α,β-unsaturated/α-hetero) is 1. The van der Waals surface area contributed by atoms with Crippen LogP contribution in [0, 0.1) is 40.4 Å². The fraction of sp³-hybridized carbons (Fsp3) is 0.926. The normalized spacial score (nSPS) is 52.7. The highest BCUT2D eigenvalue weighted by Crippen LogP contribution is 2.67. The molecule has 0 aromatic rings. The lowest BCUT2D eigenvalue weighted by Gasteiger charge is -2.60. The maximum atomic E-state index is 13.4. The van der Waals surface area contributed by atoms with Crippen molar-refractivity contribution in [1.29, 1.82) is 0 Å². The van der Waals surface area contributed by atoms with Gasteiger partial charge >= 0.3 is 5.97 Å². The van der Waals surface area contributed by atoms with E-state index in [1.165, 1.54) is 0 Å². The second-order valence-corrected chi connectivity index (χ2v) is 12.8. The minimum Gasteiger partial charge on any atom is -0.479 e. The second-order valence-electron chi connectivity index (χ2n) is 12.8. The predicted octanol–water partition coefficient (Wildman–Crippen LogP) is 1.48. The zero-order chi connectivity index (χ0) is 26.0. The topological polar surface area (TPSA) is 154 Å². The van der Waals surface area contributed by atoms with Crippen LogP contribution in [0.4, 0.5) is 0 Å². The molecule has 1 saturated heterocycles. The van der Waals surface area contributed by atoms with Gasteiger partial charge < -0.3 is 35.0 Å². The third-order valence-electron chi connectivity index (χ3n) is 11.2. The number of aliphatic carboxylic acids is 1. The molecule has 36 heavy (non-hydrogen) atoms. The van der Waals surface area contributed by atoms with Crippen molar-refractivity contribution >= 4 is 11.8 Å². The smallest absolute Gasteiger partial charge is 0.335 e. The van der Waals surface area contributed by atoms with E-state index in [0.717, 1.165) is 57.8 Å². The Morgan fingerprint density at radius 1 is 0.861 bits per heavy atom. The van der Waals surface area contributed by atoms with Gasteiger partial charge in [0.2, 0.25) is 0 Å². The van der Waals surface area contributed by atoms with Crippen LogP contribution >= 0.6 is 0 Å². The number of hydrogen-bond donors (Lipinski definition) is 5. The van der Waals surface area contributed by atoms with Crippen molar-refractivity contribution in [2.75, 3.05) is 6.61 Å². The maximum Gasteiger partial charge on any atom is 0.335 e. The molecule has 1 heterocycles. The molecule has 0 radical (unpaired) electrons. The summed E-state index contributed by atoms with van der Waals surface area (Å²) in [6.45, 7) is 4.35. The lowest BCUT2D eigenvalue weighted by atomic mass is 9.44. The summed E-state index contributed by atoms with van der Waals surface area (Å²) in [5.74, 6) is 0.557. The number of carboxylic acids is 1. The van der Waals surface area contributed by atoms with Crippen LogP contribution in [-0.2, 0) is 19.1 Å². The van der Waals surface area contributed by atoms with E-state index in [4.69, 9.17) is 9.47 Å². The average molecular weight is 511 g/mol. The Hall–Kier alpha value is -1.10. The second kappa shape index (κ2) is 9.58. The highest BCUT2D eigenvalue weighted by Gasteiger charge is 2.61. The molecule has 1 unspecified atom stereocenters. The molecule has 13 atom stereocenters. The number of carboxylic acid groups (broad SMARTS) is 1. The lowest BCUT2D eigenvalue weighted by molar-refractivity contribution is -0.292. The molecule has 1 aliphatic heterocycles. The van der Waals surface area contributed by atoms with Crippen LogP contribution in [0.15, 0.2) is 0 Å². The zero-order valence-electron chi connectivity index (χ0n) is 21.3. The number of carbonyl (C=O) groups excluding carboxylic acids is 1. The van der Waals surface area contributed by atoms with Crippen LogP contribution in [0.2, 0.25) is 0 Å². The number of fused-ring (bicyclic) bond motifs is 5. The van der Waals surface area contributed by atoms with E-state index in [1.54, 1.807) is 0 Å². The van der Waals surface area contributed by atoms with E-state index >= 15 is 0 Å². The Kier molecular flexibility index (Phi) is 7.05. The minimum atomic E-state index is -1.79. The first-order valence-electron chi connectivity index (χ1n) is 13.7. The van der Waals surface area contributed by atoms with E-state index in [0.29, 0.717) is 23.7 Å². The van der Waals surface area contributed by atoms with Crippen molar-refractivity contribution in [3.63, 3.8) is 0 Å². The van der Waals surface area contributed by atoms with Crippen LogP contribution in [-0.4, -0.2) is 80.7 Å². The van der Waals surface area contributed by atoms with Crippen LogP contribution in [0.25, 0.3) is 0 Å². The number of hydrogen-bond acceptors (Lipinski definition) is 8. The van der Waals surface area contributed by atoms with Crippen LogP contribution in [0.3, 0.4) is 0 Å². The Labute approximate surface area is 212 Å². The number of ketones is 1. The summed E-state index contributed by atoms with van der Waals surface area (Å²) in [5.41, 5.74) is 0.152. The van der Waals surface area contributed by atoms with E-state index in [2.05, 4.69) is 13.8 Å². The monoisotopic (exact) mass is 510 g/mol. The van der Waals surface area contributed by atoms with Gasteiger partial charge in [0, 0.05) is 5.92 Å². The molecule has 0 aromatic carbocycles. The molecule has 9 nitrogen and oxygen atoms in total. The van der Waals surface area contributed by atoms with Crippen molar-refractivity contribution in [2.24, 2.45) is 40.4 Å². The molecule has 0 bridgehead atoms. The Balaban J connectivity index is 1.24. The predicted molar refractivity (Wildman–Crippen MR) is 127 cm³/mol. The Morgan fingerprint density at radius 3 is 2.28 bits per heavy atom. The van der Waals surface area contributed by atoms with Gasteiger partial charge in [-0.1, -0.05) is 13.8 Å². The van der Waals surface area contributed by atoms with Gasteiger partial charge in [0.05, 0.1) is 6.10 Å². The first kappa shape index (κ1) is 26.5. The number of rotatable bonds is 5. The third-order valence-corrected chi connectivity index (χ3v) is 11.2. The van der Waals surface area contributed by atoms with E-state index < -0.39 is 36.7 Å². The van der Waals surface area contributed by atoms with Gasteiger partial charge in [0.1, 0.15) is 24.9 Å². The zero-order valence-corrected chi connectivity index (χ0v) is 21.3. The van der Waals surface area contributed by atoms with Gasteiger partial charge in [-0.2, -0.15) is 0 Å². The summed E-state index contributed by atoms with van der Waals surface area (Å²) in [6, 6.07) is 0. The summed E-state index contributed by atoms with van der Waals surface area (Å²) in [7, 11) is 0. The van der Waals surface area contributed by atoms with E-state index in [1.807, 2.05) is 0 Å². The molecule has 5 rings (SSSR count). The van der Waals surface area contributed by atoms with Gasteiger partial charge in [-0.25, -0.2) is 4.79 Å². The highest BCUT2D eigenvalue weighted by atomic mass is 16.7. The molecule has 0 aromatic heterocycles. The number of ether oxygens (including phenoxy) is 2. The molecule has 4 aliphatic carbocycles. The Bertz CT molecular complexity index is 864. The lowest BCUT2D eigenvalue weighted by Crippen LogP contribution is -2.60. The molecule has 5 N–H and O–H groups in total. The van der Waals surface area contributed by atoms with E-state index in [-0.39, 0.29) is 35.2 Å². The molecule has 5 aliphatic rings. The van der Waals surface area contributed by atoms with Crippen molar-refractivity contribution in [3.05, 3.63) is 0 Å². The van der Waals surface area contributed by atoms with Crippen LogP contribution < -0.4 is 0 Å². The molecule has 4 saturated carbocycles. The first-order valence-corrected chi connectivity index (χ1v) is 13.7. The van der Waals surface area contributed by atoms with E-state index in [9.17, 15) is 35.1 Å². The molecular weight excluding hydrogens is 468 g/mol. The van der Waals surface area contributed by atoms with Crippen molar-refractivity contribution in [3.8, 4) is 0 Å². The summed E-state index contributed by atoms with van der Waals surface area (Å²) < 4.78 is 10.7. The highest BCUT2D eigenvalue weighted by molar-refractivity contribution is 5.83. The average Bonchev–Trinajstić information content (AvgIpc) is 3.19. The summed E-state index contributed by atoms with van der Waals surface area (Å²) in [5, 5.41) is 49.6. The van der Waals surface area contributed by atoms with Crippen LogP contribution in [0.1, 0.15) is 71.6 Å². The molecule has 9 heteroatoms. The first-order chi connectivity index (χ1) is 17.0. The SMILES string of the molecule is C[C@]12CC[C@H](O)C[C@H]1CC[C@@H]1[C@@H]2CC[C@]2(C)[C@@H](C(=O)COC3O[C@H](C(=O)O)[C@@H](O)[C@H](O)[C@H]3O)CC[C@@H]12. The van der Waals surface area contributed by atoms with Crippen molar-refractivity contribution in [2.45, 2.75) is 108 Å².